The fraction of sp³-hybridized carbons (Fsp3) is 0.286. The summed E-state index contributed by atoms with van der Waals surface area (Å²) in [6, 6.07) is 8.34. The summed E-state index contributed by atoms with van der Waals surface area (Å²) in [5, 5.41) is 5.37. The predicted molar refractivity (Wildman–Crippen MR) is 112 cm³/mol. The number of fused-ring (bicyclic) bond motifs is 2. The SMILES string of the molecule is Cc1sc2nc(CCNCc3ccc(C)c4ncccc34)[nH]c(=O)c2c1C. The third-order valence-electron chi connectivity index (χ3n) is 5.00. The van der Waals surface area contributed by atoms with Crippen LogP contribution in [0.4, 0.5) is 0 Å². The zero-order chi connectivity index (χ0) is 19.0. The number of pyridine rings is 1. The molecule has 3 aromatic heterocycles. The molecule has 3 heterocycles. The van der Waals surface area contributed by atoms with Crippen LogP contribution in [-0.2, 0) is 13.0 Å². The first-order valence-electron chi connectivity index (χ1n) is 9.07. The molecule has 0 amide bonds. The van der Waals surface area contributed by atoms with Crippen LogP contribution in [0.1, 0.15) is 27.4 Å². The Balaban J connectivity index is 1.46. The molecule has 1 aromatic carbocycles. The van der Waals surface area contributed by atoms with Crippen LogP contribution in [0.25, 0.3) is 21.1 Å². The average Bonchev–Trinajstić information content (AvgIpc) is 2.95. The quantitative estimate of drug-likeness (QED) is 0.518. The van der Waals surface area contributed by atoms with Crippen LogP contribution in [0.5, 0.6) is 0 Å². The highest BCUT2D eigenvalue weighted by molar-refractivity contribution is 7.18. The van der Waals surface area contributed by atoms with E-state index < -0.39 is 0 Å². The lowest BCUT2D eigenvalue weighted by Crippen LogP contribution is -2.20. The molecule has 0 saturated carbocycles. The van der Waals surface area contributed by atoms with Crippen molar-refractivity contribution in [3.8, 4) is 0 Å². The Morgan fingerprint density at radius 1 is 1.19 bits per heavy atom. The van der Waals surface area contributed by atoms with Crippen LogP contribution >= 0.6 is 11.3 Å². The minimum atomic E-state index is -0.0348. The normalized spacial score (nSPS) is 11.5. The number of hydrogen-bond acceptors (Lipinski definition) is 5. The van der Waals surface area contributed by atoms with E-state index in [4.69, 9.17) is 0 Å². The fourth-order valence-corrected chi connectivity index (χ4v) is 4.42. The topological polar surface area (TPSA) is 70.7 Å². The Morgan fingerprint density at radius 2 is 2.04 bits per heavy atom. The van der Waals surface area contributed by atoms with E-state index in [1.54, 1.807) is 11.3 Å². The molecule has 4 rings (SSSR count). The summed E-state index contributed by atoms with van der Waals surface area (Å²) in [6.07, 6.45) is 2.52. The lowest BCUT2D eigenvalue weighted by Gasteiger charge is -2.09. The van der Waals surface area contributed by atoms with Crippen LogP contribution in [0.15, 0.2) is 35.3 Å². The molecule has 0 radical (unpaired) electrons. The van der Waals surface area contributed by atoms with E-state index in [1.165, 1.54) is 16.5 Å². The summed E-state index contributed by atoms with van der Waals surface area (Å²) < 4.78 is 0. The van der Waals surface area contributed by atoms with Crippen molar-refractivity contribution < 1.29 is 0 Å². The van der Waals surface area contributed by atoms with Crippen LogP contribution in [-0.4, -0.2) is 21.5 Å². The Labute approximate surface area is 161 Å². The van der Waals surface area contributed by atoms with Crippen molar-refractivity contribution in [3.05, 3.63) is 68.2 Å². The first-order valence-corrected chi connectivity index (χ1v) is 9.89. The molecular formula is C21H22N4OS. The number of nitrogens with zero attached hydrogens (tertiary/aromatic N) is 2. The lowest BCUT2D eigenvalue weighted by molar-refractivity contribution is 0.673. The van der Waals surface area contributed by atoms with Crippen LogP contribution in [0.3, 0.4) is 0 Å². The average molecular weight is 379 g/mol. The minimum Gasteiger partial charge on any atom is -0.312 e. The molecule has 2 N–H and O–H groups in total. The zero-order valence-corrected chi connectivity index (χ0v) is 16.5. The van der Waals surface area contributed by atoms with E-state index >= 15 is 0 Å². The maximum atomic E-state index is 12.3. The monoisotopic (exact) mass is 378 g/mol. The summed E-state index contributed by atoms with van der Waals surface area (Å²) in [6.45, 7) is 7.59. The van der Waals surface area contributed by atoms with Crippen molar-refractivity contribution in [2.45, 2.75) is 33.7 Å². The molecule has 27 heavy (non-hydrogen) atoms. The molecule has 0 spiro atoms. The van der Waals surface area contributed by atoms with Crippen molar-refractivity contribution in [1.82, 2.24) is 20.3 Å². The van der Waals surface area contributed by atoms with Gasteiger partial charge in [0, 0.05) is 36.0 Å². The van der Waals surface area contributed by atoms with Gasteiger partial charge in [-0.15, -0.1) is 11.3 Å². The smallest absolute Gasteiger partial charge is 0.259 e. The molecule has 0 aliphatic carbocycles. The van der Waals surface area contributed by atoms with Gasteiger partial charge < -0.3 is 10.3 Å². The van der Waals surface area contributed by atoms with E-state index in [9.17, 15) is 4.79 Å². The maximum Gasteiger partial charge on any atom is 0.259 e. The number of aromatic amines is 1. The number of aryl methyl sites for hydroxylation is 3. The number of nitrogens with one attached hydrogen (secondary N) is 2. The van der Waals surface area contributed by atoms with Gasteiger partial charge in [-0.25, -0.2) is 4.98 Å². The van der Waals surface area contributed by atoms with Crippen molar-refractivity contribution >= 4 is 32.5 Å². The first kappa shape index (κ1) is 17.8. The minimum absolute atomic E-state index is 0.0348. The largest absolute Gasteiger partial charge is 0.312 e. The van der Waals surface area contributed by atoms with E-state index in [-0.39, 0.29) is 5.56 Å². The van der Waals surface area contributed by atoms with Crippen LogP contribution in [0.2, 0.25) is 0 Å². The molecule has 138 valence electrons. The van der Waals surface area contributed by atoms with Gasteiger partial charge in [-0.3, -0.25) is 9.78 Å². The molecule has 0 aliphatic heterocycles. The molecule has 6 heteroatoms. The first-order chi connectivity index (χ1) is 13.0. The summed E-state index contributed by atoms with van der Waals surface area (Å²) >= 11 is 1.59. The number of benzene rings is 1. The molecule has 0 bridgehead atoms. The summed E-state index contributed by atoms with van der Waals surface area (Å²) in [5.41, 5.74) is 4.47. The van der Waals surface area contributed by atoms with Gasteiger partial charge in [0.15, 0.2) is 0 Å². The molecule has 0 fully saturated rings. The molecular weight excluding hydrogens is 356 g/mol. The van der Waals surface area contributed by atoms with Gasteiger partial charge in [0.1, 0.15) is 10.7 Å². The lowest BCUT2D eigenvalue weighted by atomic mass is 10.0. The van der Waals surface area contributed by atoms with Gasteiger partial charge in [-0.2, -0.15) is 0 Å². The van der Waals surface area contributed by atoms with Crippen molar-refractivity contribution in [3.63, 3.8) is 0 Å². The maximum absolute atomic E-state index is 12.3. The number of rotatable bonds is 5. The molecule has 0 unspecified atom stereocenters. The van der Waals surface area contributed by atoms with Crippen LogP contribution in [0, 0.1) is 20.8 Å². The molecule has 0 saturated heterocycles. The summed E-state index contributed by atoms with van der Waals surface area (Å²) in [5.74, 6) is 0.733. The second-order valence-electron chi connectivity index (χ2n) is 6.84. The molecule has 0 atom stereocenters. The van der Waals surface area contributed by atoms with E-state index in [0.717, 1.165) is 45.1 Å². The van der Waals surface area contributed by atoms with Gasteiger partial charge in [-0.05, 0) is 43.5 Å². The van der Waals surface area contributed by atoms with Gasteiger partial charge >= 0.3 is 0 Å². The van der Waals surface area contributed by atoms with E-state index in [0.29, 0.717) is 6.42 Å². The van der Waals surface area contributed by atoms with Gasteiger partial charge in [0.2, 0.25) is 0 Å². The van der Waals surface area contributed by atoms with Gasteiger partial charge in [0.25, 0.3) is 5.56 Å². The molecule has 4 aromatic rings. The van der Waals surface area contributed by atoms with E-state index in [2.05, 4.69) is 45.4 Å². The number of aromatic nitrogens is 3. The van der Waals surface area contributed by atoms with Crippen LogP contribution < -0.4 is 10.9 Å². The Hall–Kier alpha value is -2.57. The summed E-state index contributed by atoms with van der Waals surface area (Å²) in [7, 11) is 0. The predicted octanol–water partition coefficient (Wildman–Crippen LogP) is 3.79. The number of H-pyrrole nitrogens is 1. The second-order valence-corrected chi connectivity index (χ2v) is 8.05. The van der Waals surface area contributed by atoms with Gasteiger partial charge in [0.05, 0.1) is 10.9 Å². The Morgan fingerprint density at radius 3 is 2.89 bits per heavy atom. The highest BCUT2D eigenvalue weighted by Crippen LogP contribution is 2.25. The Bertz CT molecular complexity index is 1190. The standard InChI is InChI=1S/C21H22N4OS/c1-12-6-7-15(16-5-4-9-23-19(12)16)11-22-10-8-17-24-20(26)18-13(2)14(3)27-21(18)25-17/h4-7,9,22H,8,10-11H2,1-3H3,(H,24,25,26). The fourth-order valence-electron chi connectivity index (χ4n) is 3.37. The van der Waals surface area contributed by atoms with Crippen molar-refractivity contribution in [1.29, 1.82) is 0 Å². The number of hydrogen-bond donors (Lipinski definition) is 2. The highest BCUT2D eigenvalue weighted by Gasteiger charge is 2.11. The van der Waals surface area contributed by atoms with Gasteiger partial charge in [-0.1, -0.05) is 18.2 Å². The Kier molecular flexibility index (Phi) is 4.76. The van der Waals surface area contributed by atoms with Crippen molar-refractivity contribution in [2.24, 2.45) is 0 Å². The molecule has 5 nitrogen and oxygen atoms in total. The van der Waals surface area contributed by atoms with Crippen molar-refractivity contribution in [2.75, 3.05) is 6.54 Å². The number of thiophene rings is 1. The zero-order valence-electron chi connectivity index (χ0n) is 15.7. The second kappa shape index (κ2) is 7.21. The summed E-state index contributed by atoms with van der Waals surface area (Å²) in [4.78, 5) is 26.4. The van der Waals surface area contributed by atoms with E-state index in [1.807, 2.05) is 26.1 Å². The third-order valence-corrected chi connectivity index (χ3v) is 6.10. The highest BCUT2D eigenvalue weighted by atomic mass is 32.1. The third kappa shape index (κ3) is 3.38. The molecule has 0 aliphatic rings.